The second-order valence-corrected chi connectivity index (χ2v) is 18.4. The van der Waals surface area contributed by atoms with Crippen LogP contribution in [-0.2, 0) is 42.9 Å². The molecule has 0 radical (unpaired) electrons. The number of allylic oxidation sites excluding steroid dienone is 22. The first kappa shape index (κ1) is 67.9. The Kier molecular flexibility index (Phi) is 45.0. The molecule has 1 fully saturated rings. The van der Waals surface area contributed by atoms with Crippen molar-refractivity contribution in [2.45, 2.75) is 225 Å². The predicted octanol–water partition coefficient (Wildman–Crippen LogP) is 14.2. The molecule has 0 aromatic carbocycles. The van der Waals surface area contributed by atoms with Crippen LogP contribution in [0, 0.1) is 0 Å². The molecule has 1 rings (SSSR count). The molecule has 0 aliphatic carbocycles. The topological polar surface area (TPSA) is 175 Å². The number of aliphatic hydroxyl groups is 2. The molecule has 420 valence electrons. The number of carbonyl (C=O) groups is 4. The van der Waals surface area contributed by atoms with E-state index in [9.17, 15) is 34.5 Å². The van der Waals surface area contributed by atoms with E-state index in [1.54, 1.807) is 0 Å². The van der Waals surface area contributed by atoms with Gasteiger partial charge in [0.2, 0.25) is 0 Å². The lowest BCUT2D eigenvalue weighted by atomic mass is 9.98. The van der Waals surface area contributed by atoms with Crippen molar-refractivity contribution in [3.63, 3.8) is 0 Å². The smallest absolute Gasteiger partial charge is 0.335 e. The van der Waals surface area contributed by atoms with Crippen LogP contribution in [0.1, 0.15) is 188 Å². The number of carboxylic acids is 1. The molecule has 6 atom stereocenters. The van der Waals surface area contributed by atoms with E-state index >= 15 is 0 Å². The fourth-order valence-electron chi connectivity index (χ4n) is 7.46. The van der Waals surface area contributed by atoms with E-state index in [2.05, 4.69) is 124 Å². The number of ether oxygens (including phenoxy) is 5. The zero-order chi connectivity index (χ0) is 54.7. The molecule has 1 aliphatic heterocycles. The van der Waals surface area contributed by atoms with Crippen LogP contribution in [0.5, 0.6) is 0 Å². The van der Waals surface area contributed by atoms with Gasteiger partial charge in [0.15, 0.2) is 24.6 Å². The number of hydrogen-bond donors (Lipinski definition) is 3. The van der Waals surface area contributed by atoms with Crippen molar-refractivity contribution in [1.82, 2.24) is 0 Å². The number of carbonyl (C=O) groups excluding carboxylic acids is 3. The van der Waals surface area contributed by atoms with Gasteiger partial charge in [0, 0.05) is 19.3 Å². The monoisotopic (exact) mass is 1040 g/mol. The van der Waals surface area contributed by atoms with Crippen molar-refractivity contribution >= 4 is 23.9 Å². The molecule has 6 unspecified atom stereocenters. The molecule has 1 heterocycles. The van der Waals surface area contributed by atoms with Gasteiger partial charge in [-0.25, -0.2) is 4.79 Å². The Labute approximate surface area is 451 Å². The number of unbranched alkanes of at least 4 members (excludes halogenated alkanes) is 9. The summed E-state index contributed by atoms with van der Waals surface area (Å²) in [5.74, 6) is -3.37. The van der Waals surface area contributed by atoms with E-state index in [0.29, 0.717) is 32.1 Å². The van der Waals surface area contributed by atoms with Crippen LogP contribution in [0.2, 0.25) is 0 Å². The summed E-state index contributed by atoms with van der Waals surface area (Å²) in [7, 11) is 0. The number of hydrogen-bond acceptors (Lipinski definition) is 11. The van der Waals surface area contributed by atoms with E-state index in [0.717, 1.165) is 89.9 Å². The van der Waals surface area contributed by atoms with Gasteiger partial charge in [0.1, 0.15) is 18.8 Å². The number of esters is 3. The maximum atomic E-state index is 13.1. The summed E-state index contributed by atoms with van der Waals surface area (Å²) in [4.78, 5) is 50.9. The van der Waals surface area contributed by atoms with Crippen LogP contribution in [-0.4, -0.2) is 89.2 Å². The predicted molar refractivity (Wildman–Crippen MR) is 303 cm³/mol. The Morgan fingerprint density at radius 2 is 0.867 bits per heavy atom. The highest BCUT2D eigenvalue weighted by molar-refractivity contribution is 5.74. The molecular formula is C63H96O12. The molecule has 0 amide bonds. The number of aliphatic carboxylic acids is 1. The minimum atomic E-state index is -1.94. The van der Waals surface area contributed by atoms with Crippen molar-refractivity contribution in [2.24, 2.45) is 0 Å². The lowest BCUT2D eigenvalue weighted by Gasteiger charge is -2.40. The Bertz CT molecular complexity index is 1810. The normalized spacial score (nSPS) is 19.2. The van der Waals surface area contributed by atoms with Crippen molar-refractivity contribution in [3.8, 4) is 0 Å². The van der Waals surface area contributed by atoms with Crippen molar-refractivity contribution < 1.29 is 58.2 Å². The van der Waals surface area contributed by atoms with Gasteiger partial charge >= 0.3 is 23.9 Å². The van der Waals surface area contributed by atoms with E-state index in [-0.39, 0.29) is 25.9 Å². The Morgan fingerprint density at radius 1 is 0.453 bits per heavy atom. The fraction of sp³-hybridized carbons (Fsp3) is 0.587. The minimum absolute atomic E-state index is 0.0758. The van der Waals surface area contributed by atoms with Crippen LogP contribution < -0.4 is 0 Å². The lowest BCUT2D eigenvalue weighted by Crippen LogP contribution is -2.61. The fourth-order valence-corrected chi connectivity index (χ4v) is 7.46. The molecule has 0 saturated carbocycles. The molecule has 3 N–H and O–H groups in total. The van der Waals surface area contributed by atoms with Gasteiger partial charge in [-0.15, -0.1) is 0 Å². The van der Waals surface area contributed by atoms with Crippen LogP contribution in [0.25, 0.3) is 0 Å². The maximum absolute atomic E-state index is 13.1. The van der Waals surface area contributed by atoms with Crippen molar-refractivity contribution in [3.05, 3.63) is 134 Å². The third kappa shape index (κ3) is 39.9. The second-order valence-electron chi connectivity index (χ2n) is 18.4. The van der Waals surface area contributed by atoms with Crippen LogP contribution in [0.15, 0.2) is 134 Å². The van der Waals surface area contributed by atoms with Gasteiger partial charge in [-0.3, -0.25) is 14.4 Å². The maximum Gasteiger partial charge on any atom is 0.335 e. The van der Waals surface area contributed by atoms with E-state index in [4.69, 9.17) is 23.7 Å². The summed E-state index contributed by atoms with van der Waals surface area (Å²) in [6.45, 7) is 5.61. The average Bonchev–Trinajstić information content (AvgIpc) is 3.39. The summed E-state index contributed by atoms with van der Waals surface area (Å²) < 4.78 is 28.2. The quantitative estimate of drug-likeness (QED) is 0.0228. The number of rotatable bonds is 45. The average molecular weight is 1050 g/mol. The standard InChI is InChI=1S/C63H96O12/c1-4-7-10-13-16-19-22-25-26-27-28-29-30-33-34-37-40-43-46-49-55(64)71-52-54(73-56(65)50-47-44-41-38-35-31-23-20-17-14-11-8-5-2)53-72-63-61(59(68)58(67)60(75-63)62(69)70)74-57(66)51-48-45-42-39-36-32-24-21-18-15-12-9-6-3/h7,9-10,12,16,18-21,23,25-26,28-29,32-34,36,40,42-43,45,54,58-61,63,67-68H,4-6,8,11,13-15,17,22,24,27,30-31,35,37-39,41,44,46-53H2,1-3H3,(H,69,70)/b10-7-,12-9-,19-16-,21-18-,23-20-,26-25-,29-28-,34-33-,36-32-,43-40-,45-42-. The highest BCUT2D eigenvalue weighted by Gasteiger charge is 2.50. The summed E-state index contributed by atoms with van der Waals surface area (Å²) in [5, 5.41) is 31.4. The summed E-state index contributed by atoms with van der Waals surface area (Å²) in [6, 6.07) is 0. The van der Waals surface area contributed by atoms with Gasteiger partial charge < -0.3 is 39.0 Å². The summed E-state index contributed by atoms with van der Waals surface area (Å²) in [6.07, 6.45) is 57.5. The van der Waals surface area contributed by atoms with Crippen LogP contribution in [0.4, 0.5) is 0 Å². The lowest BCUT2D eigenvalue weighted by molar-refractivity contribution is -0.301. The number of aliphatic hydroxyl groups excluding tert-OH is 2. The van der Waals surface area contributed by atoms with E-state index < -0.39 is 67.3 Å². The summed E-state index contributed by atoms with van der Waals surface area (Å²) >= 11 is 0. The zero-order valence-electron chi connectivity index (χ0n) is 46.0. The van der Waals surface area contributed by atoms with Gasteiger partial charge in [-0.05, 0) is 109 Å². The molecule has 1 aliphatic rings. The molecule has 1 saturated heterocycles. The first-order valence-corrected chi connectivity index (χ1v) is 28.2. The Morgan fingerprint density at radius 3 is 1.33 bits per heavy atom. The molecule has 12 heteroatoms. The van der Waals surface area contributed by atoms with Crippen molar-refractivity contribution in [2.75, 3.05) is 13.2 Å². The second kappa shape index (κ2) is 49.7. The SMILES string of the molecule is CC/C=C\C/C=C\C/C=C\C/C=C\C/C=C\C/C=C\CCC(=O)OCC(COC1OC(C(=O)O)C(O)C(O)C1OC(=O)CC/C=C\C/C=C\C/C=C\C/C=C\CC)OC(=O)CCCCCCC/C=C\CCCCCC. The van der Waals surface area contributed by atoms with Gasteiger partial charge in [0.05, 0.1) is 6.61 Å². The van der Waals surface area contributed by atoms with Crippen molar-refractivity contribution in [1.29, 1.82) is 0 Å². The largest absolute Gasteiger partial charge is 0.479 e. The first-order valence-electron chi connectivity index (χ1n) is 28.2. The molecule has 12 nitrogen and oxygen atoms in total. The Balaban J connectivity index is 2.80. The van der Waals surface area contributed by atoms with Gasteiger partial charge in [-0.2, -0.15) is 0 Å². The molecule has 0 aromatic rings. The minimum Gasteiger partial charge on any atom is -0.479 e. The van der Waals surface area contributed by atoms with E-state index in [1.807, 2.05) is 30.4 Å². The Hall–Kier alpha value is -5.14. The van der Waals surface area contributed by atoms with Gasteiger partial charge in [0.25, 0.3) is 0 Å². The summed E-state index contributed by atoms with van der Waals surface area (Å²) in [5.41, 5.74) is 0. The third-order valence-corrected chi connectivity index (χ3v) is 11.7. The molecule has 0 aromatic heterocycles. The van der Waals surface area contributed by atoms with Crippen LogP contribution >= 0.6 is 0 Å². The molecule has 75 heavy (non-hydrogen) atoms. The molecule has 0 spiro atoms. The molecule has 0 bridgehead atoms. The molecular weight excluding hydrogens is 949 g/mol. The van der Waals surface area contributed by atoms with Crippen LogP contribution in [0.3, 0.4) is 0 Å². The number of carboxylic acid groups (broad SMARTS) is 1. The third-order valence-electron chi connectivity index (χ3n) is 11.7. The van der Waals surface area contributed by atoms with Gasteiger partial charge in [-0.1, -0.05) is 193 Å². The first-order chi connectivity index (χ1) is 36.6. The van der Waals surface area contributed by atoms with E-state index in [1.165, 1.54) is 25.7 Å². The highest BCUT2D eigenvalue weighted by atomic mass is 16.7. The zero-order valence-corrected chi connectivity index (χ0v) is 46.0. The highest BCUT2D eigenvalue weighted by Crippen LogP contribution is 2.26.